The standard InChI is InChI=1S/C19H22N4O3S2/c1-14-5-3-6-16(13-14)19-21-20-18(26-19)15(2)22-8-10-23(11-9-22)28(24,25)17-7-4-12-27-17/h3-7,12-13,15H,8-11H2,1-2H3/p+1/t15-/m0/s1. The van der Waals surface area contributed by atoms with Crippen LogP contribution in [0, 0.1) is 6.92 Å². The number of quaternary nitrogens is 1. The predicted molar refractivity (Wildman–Crippen MR) is 107 cm³/mol. The van der Waals surface area contributed by atoms with Gasteiger partial charge in [0, 0.05) is 5.56 Å². The van der Waals surface area contributed by atoms with Crippen LogP contribution < -0.4 is 4.90 Å². The van der Waals surface area contributed by atoms with Crippen molar-refractivity contribution in [2.45, 2.75) is 24.1 Å². The molecule has 0 unspecified atom stereocenters. The Morgan fingerprint density at radius 1 is 1.18 bits per heavy atom. The number of thiophene rings is 1. The molecule has 4 rings (SSSR count). The Labute approximate surface area is 168 Å². The second-order valence-corrected chi connectivity index (χ2v) is 10.1. The topological polar surface area (TPSA) is 80.7 Å². The van der Waals surface area contributed by atoms with Gasteiger partial charge in [0.25, 0.3) is 15.9 Å². The molecule has 7 nitrogen and oxygen atoms in total. The van der Waals surface area contributed by atoms with Crippen molar-refractivity contribution in [3.05, 3.63) is 53.2 Å². The van der Waals surface area contributed by atoms with Gasteiger partial charge in [-0.2, -0.15) is 4.31 Å². The van der Waals surface area contributed by atoms with E-state index in [0.29, 0.717) is 42.2 Å². The average molecular weight is 420 g/mol. The van der Waals surface area contributed by atoms with E-state index in [-0.39, 0.29) is 6.04 Å². The fourth-order valence-corrected chi connectivity index (χ4v) is 6.05. The quantitative estimate of drug-likeness (QED) is 0.682. The summed E-state index contributed by atoms with van der Waals surface area (Å²) in [7, 11) is -3.38. The third-order valence-electron chi connectivity index (χ3n) is 5.14. The van der Waals surface area contributed by atoms with Gasteiger partial charge in [0.05, 0.1) is 26.2 Å². The molecular formula is C19H23N4O3S2+. The monoisotopic (exact) mass is 419 g/mol. The smallest absolute Gasteiger partial charge is 0.274 e. The Hall–Kier alpha value is -2.07. The lowest BCUT2D eigenvalue weighted by molar-refractivity contribution is -0.934. The molecule has 148 valence electrons. The number of hydrogen-bond donors (Lipinski definition) is 1. The first kappa shape index (κ1) is 19.3. The highest BCUT2D eigenvalue weighted by molar-refractivity contribution is 7.91. The van der Waals surface area contributed by atoms with E-state index in [1.54, 1.807) is 21.8 Å². The molecule has 0 spiro atoms. The Kier molecular flexibility index (Phi) is 5.33. The number of piperazine rings is 1. The largest absolute Gasteiger partial charge is 0.415 e. The van der Waals surface area contributed by atoms with Gasteiger partial charge in [0.1, 0.15) is 4.21 Å². The Bertz CT molecular complexity index is 1040. The van der Waals surface area contributed by atoms with E-state index in [0.717, 1.165) is 11.1 Å². The summed E-state index contributed by atoms with van der Waals surface area (Å²) in [5.41, 5.74) is 2.05. The van der Waals surface area contributed by atoms with E-state index in [9.17, 15) is 8.42 Å². The minimum Gasteiger partial charge on any atom is -0.415 e. The van der Waals surface area contributed by atoms with Gasteiger partial charge in [-0.15, -0.1) is 21.5 Å². The maximum atomic E-state index is 12.7. The first-order valence-electron chi connectivity index (χ1n) is 9.24. The minimum atomic E-state index is -3.38. The molecule has 0 amide bonds. The number of benzene rings is 1. The Morgan fingerprint density at radius 3 is 2.64 bits per heavy atom. The average Bonchev–Trinajstić information content (AvgIpc) is 3.40. The van der Waals surface area contributed by atoms with Gasteiger partial charge < -0.3 is 9.32 Å². The van der Waals surface area contributed by atoms with E-state index >= 15 is 0 Å². The van der Waals surface area contributed by atoms with Crippen LogP contribution in [0.5, 0.6) is 0 Å². The number of nitrogens with one attached hydrogen (secondary N) is 1. The molecular weight excluding hydrogens is 396 g/mol. The number of aryl methyl sites for hydroxylation is 1. The van der Waals surface area contributed by atoms with Gasteiger partial charge in [-0.1, -0.05) is 23.8 Å². The van der Waals surface area contributed by atoms with E-state index in [2.05, 4.69) is 10.2 Å². The van der Waals surface area contributed by atoms with Crippen molar-refractivity contribution < 1.29 is 17.7 Å². The molecule has 1 aromatic carbocycles. The van der Waals surface area contributed by atoms with Crippen LogP contribution in [-0.4, -0.2) is 49.1 Å². The lowest BCUT2D eigenvalue weighted by Crippen LogP contribution is -3.14. The molecule has 1 N–H and O–H groups in total. The molecule has 0 bridgehead atoms. The molecule has 1 aliphatic heterocycles. The summed E-state index contributed by atoms with van der Waals surface area (Å²) in [6, 6.07) is 11.4. The predicted octanol–water partition coefficient (Wildman–Crippen LogP) is 1.76. The zero-order valence-electron chi connectivity index (χ0n) is 15.8. The van der Waals surface area contributed by atoms with Crippen molar-refractivity contribution >= 4 is 21.4 Å². The third-order valence-corrected chi connectivity index (χ3v) is 8.41. The highest BCUT2D eigenvalue weighted by atomic mass is 32.2. The molecule has 1 atom stereocenters. The highest BCUT2D eigenvalue weighted by Gasteiger charge is 2.34. The molecule has 3 heterocycles. The van der Waals surface area contributed by atoms with Crippen LogP contribution in [0.2, 0.25) is 0 Å². The van der Waals surface area contributed by atoms with Crippen LogP contribution in [0.3, 0.4) is 0 Å². The van der Waals surface area contributed by atoms with E-state index < -0.39 is 10.0 Å². The van der Waals surface area contributed by atoms with E-state index in [1.165, 1.54) is 16.2 Å². The van der Waals surface area contributed by atoms with Crippen molar-refractivity contribution in [1.82, 2.24) is 14.5 Å². The molecule has 9 heteroatoms. The number of rotatable bonds is 5. The van der Waals surface area contributed by atoms with Gasteiger partial charge in [0.15, 0.2) is 6.04 Å². The van der Waals surface area contributed by atoms with Gasteiger partial charge >= 0.3 is 0 Å². The minimum absolute atomic E-state index is 0.0117. The lowest BCUT2D eigenvalue weighted by atomic mass is 10.1. The summed E-state index contributed by atoms with van der Waals surface area (Å²) < 4.78 is 33.2. The fourth-order valence-electron chi connectivity index (χ4n) is 3.46. The summed E-state index contributed by atoms with van der Waals surface area (Å²) in [5, 5.41) is 10.2. The number of hydrogen-bond acceptors (Lipinski definition) is 6. The maximum absolute atomic E-state index is 12.7. The number of nitrogens with zero attached hydrogens (tertiary/aromatic N) is 3. The summed E-state index contributed by atoms with van der Waals surface area (Å²) >= 11 is 1.26. The second-order valence-electron chi connectivity index (χ2n) is 7.03. The number of aromatic nitrogens is 2. The zero-order chi connectivity index (χ0) is 19.7. The van der Waals surface area contributed by atoms with Crippen molar-refractivity contribution in [3.8, 4) is 11.5 Å². The van der Waals surface area contributed by atoms with Gasteiger partial charge in [-0.3, -0.25) is 0 Å². The van der Waals surface area contributed by atoms with Crippen LogP contribution >= 0.6 is 11.3 Å². The molecule has 1 saturated heterocycles. The van der Waals surface area contributed by atoms with E-state index in [1.807, 2.05) is 38.1 Å². The molecule has 3 aromatic rings. The molecule has 1 fully saturated rings. The Morgan fingerprint density at radius 2 is 1.96 bits per heavy atom. The van der Waals surface area contributed by atoms with Crippen LogP contribution in [0.4, 0.5) is 0 Å². The molecule has 2 aromatic heterocycles. The normalized spacial score (nSPS) is 17.6. The SMILES string of the molecule is Cc1cccc(-c2nnc([C@H](C)[NH+]3CCN(S(=O)(=O)c4cccs4)CC3)o2)c1. The van der Waals surface area contributed by atoms with Crippen molar-refractivity contribution in [2.24, 2.45) is 0 Å². The van der Waals surface area contributed by atoms with Gasteiger partial charge in [-0.05, 0) is 37.4 Å². The third kappa shape index (κ3) is 3.75. The number of sulfonamides is 1. The van der Waals surface area contributed by atoms with Crippen molar-refractivity contribution in [1.29, 1.82) is 0 Å². The van der Waals surface area contributed by atoms with Gasteiger partial charge in [-0.25, -0.2) is 8.42 Å². The second kappa shape index (κ2) is 7.75. The fraction of sp³-hybridized carbons (Fsp3) is 0.368. The molecule has 28 heavy (non-hydrogen) atoms. The van der Waals surface area contributed by atoms with Crippen LogP contribution in [-0.2, 0) is 10.0 Å². The van der Waals surface area contributed by atoms with Crippen molar-refractivity contribution in [3.63, 3.8) is 0 Å². The molecule has 0 aliphatic carbocycles. The molecule has 0 radical (unpaired) electrons. The first-order chi connectivity index (χ1) is 13.4. The van der Waals surface area contributed by atoms with Gasteiger partial charge in [0.2, 0.25) is 5.89 Å². The van der Waals surface area contributed by atoms with E-state index in [4.69, 9.17) is 4.42 Å². The lowest BCUT2D eigenvalue weighted by Gasteiger charge is -2.33. The summed E-state index contributed by atoms with van der Waals surface area (Å²) in [6.07, 6.45) is 0. The highest BCUT2D eigenvalue weighted by Crippen LogP contribution is 2.22. The maximum Gasteiger partial charge on any atom is 0.274 e. The summed E-state index contributed by atoms with van der Waals surface area (Å²) in [4.78, 5) is 1.25. The zero-order valence-corrected chi connectivity index (χ0v) is 17.5. The first-order valence-corrected chi connectivity index (χ1v) is 11.6. The van der Waals surface area contributed by atoms with Crippen molar-refractivity contribution in [2.75, 3.05) is 26.2 Å². The molecule has 0 saturated carbocycles. The summed E-state index contributed by atoms with van der Waals surface area (Å²) in [5.74, 6) is 1.10. The molecule has 1 aliphatic rings. The Balaban J connectivity index is 1.43. The van der Waals surface area contributed by atoms with Crippen LogP contribution in [0.1, 0.15) is 24.4 Å². The van der Waals surface area contributed by atoms with Crippen LogP contribution in [0.15, 0.2) is 50.4 Å². The summed E-state index contributed by atoms with van der Waals surface area (Å²) in [6.45, 7) is 6.45. The van der Waals surface area contributed by atoms with Crippen LogP contribution in [0.25, 0.3) is 11.5 Å².